The number of nitrogens with one attached hydrogen (secondary N) is 1. The molecule has 0 aromatic heterocycles. The minimum Gasteiger partial charge on any atom is -0.426 e. The number of amides is 1. The fourth-order valence-corrected chi connectivity index (χ4v) is 2.84. The van der Waals surface area contributed by atoms with E-state index in [1.165, 1.54) is 4.90 Å². The van der Waals surface area contributed by atoms with E-state index >= 15 is 0 Å². The molecule has 0 radical (unpaired) electrons. The number of likely N-dealkylation sites (N-methyl/N-ethyl adjacent to an activating group) is 1. The fourth-order valence-electron chi connectivity index (χ4n) is 2.84. The van der Waals surface area contributed by atoms with Crippen LogP contribution in [0.3, 0.4) is 0 Å². The number of nitrogens with two attached hydrogens (primary N) is 1. The fraction of sp³-hybridized carbons (Fsp3) is 0.923. The first-order chi connectivity index (χ1) is 9.49. The molecule has 7 heteroatoms. The third-order valence-corrected chi connectivity index (χ3v) is 4.14. The molecule has 6 nitrogen and oxygen atoms in total. The van der Waals surface area contributed by atoms with Crippen LogP contribution in [0.25, 0.3) is 0 Å². The Morgan fingerprint density at radius 2 is 1.95 bits per heavy atom. The topological polar surface area (TPSA) is 98.8 Å². The highest BCUT2D eigenvalue weighted by Crippen LogP contribution is 2.16. The van der Waals surface area contributed by atoms with Gasteiger partial charge in [-0.15, -0.1) is 0 Å². The zero-order valence-electron chi connectivity index (χ0n) is 12.6. The molecule has 116 valence electrons. The van der Waals surface area contributed by atoms with Gasteiger partial charge in [-0.05, 0) is 39.0 Å². The summed E-state index contributed by atoms with van der Waals surface area (Å²) in [6.07, 6.45) is 4.52. The van der Waals surface area contributed by atoms with Gasteiger partial charge in [-0.2, -0.15) is 0 Å². The van der Waals surface area contributed by atoms with Crippen LogP contribution in [0.15, 0.2) is 0 Å². The molecule has 0 saturated heterocycles. The van der Waals surface area contributed by atoms with Crippen molar-refractivity contribution < 1.29 is 14.8 Å². The molecule has 20 heavy (non-hydrogen) atoms. The lowest BCUT2D eigenvalue weighted by molar-refractivity contribution is -0.131. The summed E-state index contributed by atoms with van der Waals surface area (Å²) >= 11 is 0. The maximum absolute atomic E-state index is 12.2. The summed E-state index contributed by atoms with van der Waals surface area (Å²) in [4.78, 5) is 13.7. The number of nitrogens with zero attached hydrogens (tertiary/aromatic N) is 1. The second kappa shape index (κ2) is 8.62. The van der Waals surface area contributed by atoms with E-state index in [-0.39, 0.29) is 12.5 Å². The molecule has 0 aromatic rings. The van der Waals surface area contributed by atoms with Gasteiger partial charge in [0.05, 0.1) is 12.5 Å². The van der Waals surface area contributed by atoms with Crippen molar-refractivity contribution in [3.05, 3.63) is 0 Å². The molecule has 0 heterocycles. The lowest BCUT2D eigenvalue weighted by Gasteiger charge is -2.31. The van der Waals surface area contributed by atoms with Gasteiger partial charge in [0.25, 0.3) is 0 Å². The third-order valence-electron chi connectivity index (χ3n) is 4.14. The molecule has 1 saturated carbocycles. The van der Waals surface area contributed by atoms with Crippen molar-refractivity contribution in [2.45, 2.75) is 64.0 Å². The maximum atomic E-state index is 12.2. The highest BCUT2D eigenvalue weighted by atomic mass is 16.4. The van der Waals surface area contributed by atoms with Gasteiger partial charge in [0, 0.05) is 18.6 Å². The number of carbonyl (C=O) groups excluding carboxylic acids is 1. The summed E-state index contributed by atoms with van der Waals surface area (Å²) in [5.74, 6) is -0.614. The zero-order chi connectivity index (χ0) is 15.1. The van der Waals surface area contributed by atoms with E-state index in [0.717, 1.165) is 25.7 Å². The zero-order valence-corrected chi connectivity index (χ0v) is 12.6. The standard InChI is InChI=1S/C13H28BN3O3/c1-3-12(14(19)20)17(4-2)13(18)9-16-11-7-5-10(15)6-8-11/h10-12,16,19-20H,3-9,15H2,1-2H3/t10?,11?,12-/m0/s1. The van der Waals surface area contributed by atoms with Gasteiger partial charge in [0.2, 0.25) is 5.91 Å². The Morgan fingerprint density at radius 3 is 2.40 bits per heavy atom. The maximum Gasteiger partial charge on any atom is 0.475 e. The van der Waals surface area contributed by atoms with Crippen LogP contribution in [-0.2, 0) is 4.79 Å². The van der Waals surface area contributed by atoms with E-state index in [9.17, 15) is 14.8 Å². The lowest BCUT2D eigenvalue weighted by atomic mass is 9.76. The molecule has 1 amide bonds. The lowest BCUT2D eigenvalue weighted by Crippen LogP contribution is -2.52. The average molecular weight is 285 g/mol. The van der Waals surface area contributed by atoms with Crippen molar-refractivity contribution in [1.29, 1.82) is 0 Å². The minimum atomic E-state index is -1.49. The van der Waals surface area contributed by atoms with E-state index in [4.69, 9.17) is 5.73 Å². The van der Waals surface area contributed by atoms with Crippen LogP contribution >= 0.6 is 0 Å². The van der Waals surface area contributed by atoms with Crippen LogP contribution in [0.1, 0.15) is 46.0 Å². The van der Waals surface area contributed by atoms with Crippen molar-refractivity contribution in [2.75, 3.05) is 13.1 Å². The Bertz CT molecular complexity index is 297. The Hall–Kier alpha value is -0.625. The Morgan fingerprint density at radius 1 is 1.35 bits per heavy atom. The molecular weight excluding hydrogens is 257 g/mol. The molecule has 1 fully saturated rings. The second-order valence-electron chi connectivity index (χ2n) is 5.56. The summed E-state index contributed by atoms with van der Waals surface area (Å²) in [6.45, 7) is 4.42. The number of rotatable bonds is 7. The normalized spacial score (nSPS) is 24.2. The van der Waals surface area contributed by atoms with Crippen molar-refractivity contribution in [3.63, 3.8) is 0 Å². The molecule has 0 aromatic carbocycles. The minimum absolute atomic E-state index is 0.0812. The molecule has 1 aliphatic rings. The van der Waals surface area contributed by atoms with E-state index in [1.807, 2.05) is 13.8 Å². The molecule has 5 N–H and O–H groups in total. The monoisotopic (exact) mass is 285 g/mol. The predicted molar refractivity (Wildman–Crippen MR) is 79.9 cm³/mol. The van der Waals surface area contributed by atoms with E-state index in [0.29, 0.717) is 25.0 Å². The van der Waals surface area contributed by atoms with Crippen molar-refractivity contribution in [3.8, 4) is 0 Å². The highest BCUT2D eigenvalue weighted by Gasteiger charge is 2.30. The van der Waals surface area contributed by atoms with E-state index < -0.39 is 13.1 Å². The summed E-state index contributed by atoms with van der Waals surface area (Å²) in [5, 5.41) is 21.9. The first-order valence-electron chi connectivity index (χ1n) is 7.64. The first kappa shape index (κ1) is 17.4. The van der Waals surface area contributed by atoms with Crippen LogP contribution in [0, 0.1) is 0 Å². The SMILES string of the molecule is CC[C@@H](B(O)O)N(CC)C(=O)CNC1CCC(N)CC1. The second-order valence-corrected chi connectivity index (χ2v) is 5.56. The summed E-state index contributed by atoms with van der Waals surface area (Å²) in [7, 11) is -1.49. The molecule has 0 spiro atoms. The number of carbonyl (C=O) groups is 1. The summed E-state index contributed by atoms with van der Waals surface area (Å²) in [5.41, 5.74) is 5.86. The Kier molecular flexibility index (Phi) is 7.51. The van der Waals surface area contributed by atoms with Gasteiger partial charge in [-0.3, -0.25) is 4.79 Å². The largest absolute Gasteiger partial charge is 0.475 e. The quantitative estimate of drug-likeness (QED) is 0.472. The van der Waals surface area contributed by atoms with Gasteiger partial charge in [0.15, 0.2) is 0 Å². The van der Waals surface area contributed by atoms with Crippen molar-refractivity contribution >= 4 is 13.0 Å². The Balaban J connectivity index is 2.43. The molecule has 0 aliphatic heterocycles. The number of hydrogen-bond donors (Lipinski definition) is 4. The molecule has 0 unspecified atom stereocenters. The molecule has 1 rings (SSSR count). The summed E-state index contributed by atoms with van der Waals surface area (Å²) < 4.78 is 0. The van der Waals surface area contributed by atoms with Gasteiger partial charge in [0.1, 0.15) is 0 Å². The third kappa shape index (κ3) is 5.05. The smallest absolute Gasteiger partial charge is 0.426 e. The van der Waals surface area contributed by atoms with Gasteiger partial charge in [-0.1, -0.05) is 6.92 Å². The number of hydrogen-bond acceptors (Lipinski definition) is 5. The van der Waals surface area contributed by atoms with Crippen LogP contribution in [-0.4, -0.2) is 59.1 Å². The van der Waals surface area contributed by atoms with Crippen LogP contribution < -0.4 is 11.1 Å². The van der Waals surface area contributed by atoms with Gasteiger partial charge >= 0.3 is 7.12 Å². The predicted octanol–water partition coefficient (Wildman–Crippen LogP) is -0.515. The molecule has 0 bridgehead atoms. The van der Waals surface area contributed by atoms with Crippen LogP contribution in [0.5, 0.6) is 0 Å². The molecular formula is C13H28BN3O3. The van der Waals surface area contributed by atoms with Gasteiger partial charge in [-0.25, -0.2) is 0 Å². The molecule has 1 atom stereocenters. The molecule has 1 aliphatic carbocycles. The van der Waals surface area contributed by atoms with Crippen LogP contribution in [0.2, 0.25) is 0 Å². The van der Waals surface area contributed by atoms with Crippen LogP contribution in [0.4, 0.5) is 0 Å². The Labute approximate surface area is 121 Å². The van der Waals surface area contributed by atoms with E-state index in [2.05, 4.69) is 5.32 Å². The van der Waals surface area contributed by atoms with Crippen molar-refractivity contribution in [2.24, 2.45) is 5.73 Å². The van der Waals surface area contributed by atoms with Crippen molar-refractivity contribution in [1.82, 2.24) is 10.2 Å². The highest BCUT2D eigenvalue weighted by molar-refractivity contribution is 6.43. The average Bonchev–Trinajstić information content (AvgIpc) is 2.43. The first-order valence-corrected chi connectivity index (χ1v) is 7.64. The van der Waals surface area contributed by atoms with Gasteiger partial charge < -0.3 is 26.0 Å². The van der Waals surface area contributed by atoms with E-state index in [1.54, 1.807) is 0 Å². The summed E-state index contributed by atoms with van der Waals surface area (Å²) in [6, 6.07) is 0.640.